The van der Waals surface area contributed by atoms with Crippen molar-refractivity contribution < 1.29 is 18.6 Å². The lowest BCUT2D eigenvalue weighted by molar-refractivity contribution is 0.0183. The van der Waals surface area contributed by atoms with Crippen LogP contribution in [0.5, 0.6) is 0 Å². The van der Waals surface area contributed by atoms with Crippen LogP contribution in [0.2, 0.25) is 0 Å². The van der Waals surface area contributed by atoms with Gasteiger partial charge in [-0.2, -0.15) is 0 Å². The molecule has 1 rings (SSSR count). The lowest BCUT2D eigenvalue weighted by Gasteiger charge is -2.37. The summed E-state index contributed by atoms with van der Waals surface area (Å²) in [5.41, 5.74) is -0.458. The smallest absolute Gasteiger partial charge is 0.211 e. The molecule has 0 amide bonds. The Labute approximate surface area is 116 Å². The third-order valence-corrected chi connectivity index (χ3v) is 5.39. The number of aliphatic hydroxyl groups excluding tert-OH is 2. The van der Waals surface area contributed by atoms with E-state index in [1.807, 2.05) is 6.92 Å². The number of hydrogen-bond acceptors (Lipinski definition) is 4. The minimum atomic E-state index is -3.13. The molecule has 0 spiro atoms. The van der Waals surface area contributed by atoms with Crippen LogP contribution in [0.25, 0.3) is 0 Å². The van der Waals surface area contributed by atoms with E-state index in [4.69, 9.17) is 0 Å². The van der Waals surface area contributed by atoms with Gasteiger partial charge in [-0.15, -0.1) is 0 Å². The first-order valence-electron chi connectivity index (χ1n) is 7.04. The van der Waals surface area contributed by atoms with Crippen molar-refractivity contribution >= 4 is 10.0 Å². The minimum absolute atomic E-state index is 0.0350. The van der Waals surface area contributed by atoms with E-state index in [1.54, 1.807) is 0 Å². The number of nitrogens with zero attached hydrogens (tertiary/aromatic N) is 1. The van der Waals surface area contributed by atoms with Crippen LogP contribution in [0.1, 0.15) is 39.0 Å². The van der Waals surface area contributed by atoms with E-state index in [1.165, 1.54) is 10.6 Å². The molecule has 2 N–H and O–H groups in total. The second-order valence-electron chi connectivity index (χ2n) is 5.90. The zero-order chi connectivity index (χ0) is 14.5. The highest BCUT2D eigenvalue weighted by Gasteiger charge is 2.34. The standard InChI is InChI=1S/C13H27NO4S/c1-3-6-13(10-15,11-16)8-12-5-4-7-14(9-12)19(2,17)18/h12,15-16H,3-11H2,1-2H3. The summed E-state index contributed by atoms with van der Waals surface area (Å²) in [6.45, 7) is 3.07. The normalized spacial score (nSPS) is 22.6. The van der Waals surface area contributed by atoms with Crippen molar-refractivity contribution in [3.63, 3.8) is 0 Å². The molecule has 114 valence electrons. The molecule has 0 aromatic carbocycles. The van der Waals surface area contributed by atoms with Gasteiger partial charge >= 0.3 is 0 Å². The molecule has 0 saturated carbocycles. The van der Waals surface area contributed by atoms with Crippen molar-refractivity contribution in [3.8, 4) is 0 Å². The molecule has 0 aromatic rings. The summed E-state index contributed by atoms with van der Waals surface area (Å²) >= 11 is 0. The molecule has 1 unspecified atom stereocenters. The highest BCUT2D eigenvalue weighted by atomic mass is 32.2. The molecule has 1 atom stereocenters. The van der Waals surface area contributed by atoms with Crippen LogP contribution in [0.15, 0.2) is 0 Å². The van der Waals surface area contributed by atoms with Crippen LogP contribution in [0.4, 0.5) is 0 Å². The number of aliphatic hydroxyl groups is 2. The molecular weight excluding hydrogens is 266 g/mol. The third kappa shape index (κ3) is 4.70. The number of hydrogen-bond donors (Lipinski definition) is 2. The van der Waals surface area contributed by atoms with Crippen molar-refractivity contribution in [2.24, 2.45) is 11.3 Å². The molecule has 0 radical (unpaired) electrons. The maximum Gasteiger partial charge on any atom is 0.211 e. The van der Waals surface area contributed by atoms with Crippen LogP contribution in [0, 0.1) is 11.3 Å². The fourth-order valence-electron chi connectivity index (χ4n) is 3.08. The van der Waals surface area contributed by atoms with E-state index >= 15 is 0 Å². The van der Waals surface area contributed by atoms with Crippen molar-refractivity contribution in [1.29, 1.82) is 0 Å². The van der Waals surface area contributed by atoms with Gasteiger partial charge in [0.2, 0.25) is 10.0 Å². The zero-order valence-electron chi connectivity index (χ0n) is 12.0. The maximum absolute atomic E-state index is 11.6. The van der Waals surface area contributed by atoms with Crippen LogP contribution >= 0.6 is 0 Å². The van der Waals surface area contributed by atoms with Gasteiger partial charge in [0.1, 0.15) is 0 Å². The van der Waals surface area contributed by atoms with Gasteiger partial charge in [0.05, 0.1) is 19.5 Å². The molecule has 1 heterocycles. The van der Waals surface area contributed by atoms with E-state index in [0.29, 0.717) is 19.5 Å². The SMILES string of the molecule is CCCC(CO)(CO)CC1CCCN(S(C)(=O)=O)C1. The highest BCUT2D eigenvalue weighted by Crippen LogP contribution is 2.35. The van der Waals surface area contributed by atoms with Crippen molar-refractivity contribution in [3.05, 3.63) is 0 Å². The van der Waals surface area contributed by atoms with Crippen molar-refractivity contribution in [2.45, 2.75) is 39.0 Å². The lowest BCUT2D eigenvalue weighted by Crippen LogP contribution is -2.42. The third-order valence-electron chi connectivity index (χ3n) is 4.12. The summed E-state index contributed by atoms with van der Waals surface area (Å²) < 4.78 is 24.7. The molecule has 5 nitrogen and oxygen atoms in total. The van der Waals surface area contributed by atoms with E-state index in [9.17, 15) is 18.6 Å². The molecule has 1 saturated heterocycles. The predicted octanol–water partition coefficient (Wildman–Crippen LogP) is 0.819. The molecule has 0 aliphatic carbocycles. The van der Waals surface area contributed by atoms with Crippen LogP contribution in [-0.4, -0.2) is 55.5 Å². The number of sulfonamides is 1. The molecule has 1 aliphatic heterocycles. The minimum Gasteiger partial charge on any atom is -0.396 e. The quantitative estimate of drug-likeness (QED) is 0.728. The Morgan fingerprint density at radius 2 is 1.95 bits per heavy atom. The van der Waals surface area contributed by atoms with E-state index in [-0.39, 0.29) is 19.1 Å². The monoisotopic (exact) mass is 293 g/mol. The molecule has 0 aromatic heterocycles. The van der Waals surface area contributed by atoms with Gasteiger partial charge in [0, 0.05) is 18.5 Å². The van der Waals surface area contributed by atoms with E-state index < -0.39 is 15.4 Å². The summed E-state index contributed by atoms with van der Waals surface area (Å²) in [6.07, 6.45) is 5.44. The van der Waals surface area contributed by atoms with Gasteiger partial charge < -0.3 is 10.2 Å². The Balaban J connectivity index is 2.69. The Morgan fingerprint density at radius 1 is 1.32 bits per heavy atom. The van der Waals surface area contributed by atoms with Crippen molar-refractivity contribution in [1.82, 2.24) is 4.31 Å². The van der Waals surface area contributed by atoms with Crippen LogP contribution in [0.3, 0.4) is 0 Å². The summed E-state index contributed by atoms with van der Waals surface area (Å²) in [7, 11) is -3.13. The second-order valence-corrected chi connectivity index (χ2v) is 7.88. The summed E-state index contributed by atoms with van der Waals surface area (Å²) in [5.74, 6) is 0.231. The van der Waals surface area contributed by atoms with Crippen LogP contribution in [-0.2, 0) is 10.0 Å². The Morgan fingerprint density at radius 3 is 2.42 bits per heavy atom. The fraction of sp³-hybridized carbons (Fsp3) is 1.00. The van der Waals surface area contributed by atoms with Gasteiger partial charge in [-0.1, -0.05) is 13.3 Å². The first kappa shape index (κ1) is 16.9. The Kier molecular flexibility index (Phi) is 6.23. The first-order chi connectivity index (χ1) is 8.87. The summed E-state index contributed by atoms with van der Waals surface area (Å²) in [6, 6.07) is 0. The molecule has 6 heteroatoms. The number of piperidine rings is 1. The second kappa shape index (κ2) is 7.02. The van der Waals surface area contributed by atoms with Gasteiger partial charge in [0.25, 0.3) is 0 Å². The first-order valence-corrected chi connectivity index (χ1v) is 8.88. The number of rotatable bonds is 7. The average molecular weight is 293 g/mol. The highest BCUT2D eigenvalue weighted by molar-refractivity contribution is 7.88. The molecule has 1 fully saturated rings. The summed E-state index contributed by atoms with van der Waals surface area (Å²) in [4.78, 5) is 0. The van der Waals surface area contributed by atoms with Gasteiger partial charge in [-0.05, 0) is 31.6 Å². The molecular formula is C13H27NO4S. The topological polar surface area (TPSA) is 77.8 Å². The van der Waals surface area contributed by atoms with Crippen molar-refractivity contribution in [2.75, 3.05) is 32.6 Å². The van der Waals surface area contributed by atoms with Gasteiger partial charge in [0.15, 0.2) is 0 Å². The maximum atomic E-state index is 11.6. The van der Waals surface area contributed by atoms with E-state index in [2.05, 4.69) is 0 Å². The van der Waals surface area contributed by atoms with Crippen LogP contribution < -0.4 is 0 Å². The Hall–Kier alpha value is -0.170. The largest absolute Gasteiger partial charge is 0.396 e. The average Bonchev–Trinajstić information content (AvgIpc) is 2.37. The predicted molar refractivity (Wildman–Crippen MR) is 75.3 cm³/mol. The van der Waals surface area contributed by atoms with Gasteiger partial charge in [-0.25, -0.2) is 12.7 Å². The zero-order valence-corrected chi connectivity index (χ0v) is 12.8. The Bertz CT molecular complexity index is 365. The fourth-order valence-corrected chi connectivity index (χ4v) is 4.02. The summed E-state index contributed by atoms with van der Waals surface area (Å²) in [5, 5.41) is 19.1. The van der Waals surface area contributed by atoms with E-state index in [0.717, 1.165) is 25.7 Å². The van der Waals surface area contributed by atoms with Gasteiger partial charge in [-0.3, -0.25) is 0 Å². The molecule has 0 bridgehead atoms. The lowest BCUT2D eigenvalue weighted by atomic mass is 9.75. The molecule has 1 aliphatic rings. The molecule has 19 heavy (non-hydrogen) atoms.